The van der Waals surface area contributed by atoms with Gasteiger partial charge in [0.2, 0.25) is 0 Å². The Labute approximate surface area is 218 Å². The highest BCUT2D eigenvalue weighted by Gasteiger charge is 2.33. The quantitative estimate of drug-likeness (QED) is 0.374. The third kappa shape index (κ3) is 4.80. The second kappa shape index (κ2) is 10.1. The van der Waals surface area contributed by atoms with Crippen LogP contribution in [0.4, 0.5) is 10.2 Å². The molecular weight excluding hydrogens is 497 g/mol. The number of nitrogens with zero attached hydrogens (tertiary/aromatic N) is 5. The van der Waals surface area contributed by atoms with E-state index in [-0.39, 0.29) is 23.8 Å². The van der Waals surface area contributed by atoms with Gasteiger partial charge in [0, 0.05) is 32.4 Å². The first kappa shape index (κ1) is 24.6. The number of fused-ring (bicyclic) bond motifs is 1. The van der Waals surface area contributed by atoms with Crippen LogP contribution < -0.4 is 10.5 Å². The smallest absolute Gasteiger partial charge is 0.267 e. The van der Waals surface area contributed by atoms with Crippen LogP contribution >= 0.6 is 24.0 Å². The monoisotopic (exact) mass is 523 g/mol. The van der Waals surface area contributed by atoms with E-state index in [0.717, 1.165) is 43.9 Å². The molecule has 3 aromatic rings. The highest BCUT2D eigenvalue weighted by Crippen LogP contribution is 2.34. The predicted molar refractivity (Wildman–Crippen MR) is 146 cm³/mol. The minimum atomic E-state index is -0.337. The molecule has 186 valence electrons. The zero-order valence-corrected chi connectivity index (χ0v) is 21.7. The zero-order valence-electron chi connectivity index (χ0n) is 20.1. The van der Waals surface area contributed by atoms with Crippen LogP contribution in [0.1, 0.15) is 23.6 Å². The molecule has 36 heavy (non-hydrogen) atoms. The molecule has 0 saturated carbocycles. The Bertz CT molecular complexity index is 1430. The molecule has 0 aliphatic carbocycles. The summed E-state index contributed by atoms with van der Waals surface area (Å²) in [6, 6.07) is 9.75. The van der Waals surface area contributed by atoms with Gasteiger partial charge in [-0.25, -0.2) is 9.37 Å². The van der Waals surface area contributed by atoms with Gasteiger partial charge in [0.15, 0.2) is 0 Å². The van der Waals surface area contributed by atoms with Crippen molar-refractivity contribution in [2.24, 2.45) is 0 Å². The normalized spacial score (nSPS) is 18.1. The number of thioether (sulfide) groups is 1. The van der Waals surface area contributed by atoms with E-state index >= 15 is 0 Å². The first-order valence-electron chi connectivity index (χ1n) is 11.8. The van der Waals surface area contributed by atoms with Crippen LogP contribution in [-0.4, -0.2) is 62.1 Å². The Morgan fingerprint density at radius 3 is 2.50 bits per heavy atom. The number of thiocarbonyl (C=S) groups is 1. The number of halogens is 1. The molecule has 7 nitrogen and oxygen atoms in total. The van der Waals surface area contributed by atoms with E-state index < -0.39 is 0 Å². The number of hydrogen-bond acceptors (Lipinski definition) is 7. The number of carbonyl (C=O) groups excluding carboxylic acids is 1. The van der Waals surface area contributed by atoms with E-state index in [4.69, 9.17) is 17.2 Å². The summed E-state index contributed by atoms with van der Waals surface area (Å²) in [5.74, 6) is -0.0240. The van der Waals surface area contributed by atoms with Gasteiger partial charge in [0.1, 0.15) is 21.6 Å². The van der Waals surface area contributed by atoms with Crippen molar-refractivity contribution in [2.45, 2.75) is 20.4 Å². The Hall–Kier alpha value is -3.08. The molecule has 2 fully saturated rings. The first-order chi connectivity index (χ1) is 17.3. The molecule has 0 N–H and O–H groups in total. The summed E-state index contributed by atoms with van der Waals surface area (Å²) in [6.07, 6.45) is 3.40. The zero-order chi connectivity index (χ0) is 25.4. The van der Waals surface area contributed by atoms with Gasteiger partial charge >= 0.3 is 0 Å². The molecule has 5 rings (SSSR count). The van der Waals surface area contributed by atoms with Crippen LogP contribution in [0.5, 0.6) is 0 Å². The molecule has 10 heteroatoms. The summed E-state index contributed by atoms with van der Waals surface area (Å²) in [5.41, 5.74) is 2.43. The van der Waals surface area contributed by atoms with Gasteiger partial charge in [-0.2, -0.15) is 0 Å². The largest absolute Gasteiger partial charge is 0.353 e. The molecule has 1 amide bonds. The SMILES string of the molecule is CCN1CCN(c2nc3ccc(C)cn3c(=O)c2/C=C2\SC(=S)N(Cc3ccc(F)cc3)C2=O)CC1. The third-order valence-electron chi connectivity index (χ3n) is 6.51. The maximum absolute atomic E-state index is 13.7. The molecule has 4 heterocycles. The number of anilines is 1. The maximum Gasteiger partial charge on any atom is 0.267 e. The summed E-state index contributed by atoms with van der Waals surface area (Å²) in [4.78, 5) is 38.2. The molecule has 2 aliphatic heterocycles. The second-order valence-corrected chi connectivity index (χ2v) is 10.6. The van der Waals surface area contributed by atoms with Crippen molar-refractivity contribution in [1.82, 2.24) is 19.2 Å². The Balaban J connectivity index is 1.54. The average molecular weight is 524 g/mol. The fraction of sp³-hybridized carbons (Fsp3) is 0.308. The lowest BCUT2D eigenvalue weighted by molar-refractivity contribution is -0.122. The Kier molecular flexibility index (Phi) is 6.92. The summed E-state index contributed by atoms with van der Waals surface area (Å²) < 4.78 is 15.2. The van der Waals surface area contributed by atoms with E-state index in [1.54, 1.807) is 24.4 Å². The van der Waals surface area contributed by atoms with Crippen LogP contribution in [0.15, 0.2) is 52.3 Å². The van der Waals surface area contributed by atoms with Crippen LogP contribution in [0.2, 0.25) is 0 Å². The number of aromatic nitrogens is 2. The molecule has 2 saturated heterocycles. The van der Waals surface area contributed by atoms with Gasteiger partial charge < -0.3 is 9.80 Å². The van der Waals surface area contributed by atoms with Crippen LogP contribution in [0.25, 0.3) is 11.7 Å². The van der Waals surface area contributed by atoms with E-state index in [2.05, 4.69) is 16.7 Å². The number of likely N-dealkylation sites (N-methyl/N-ethyl adjacent to an activating group) is 1. The van der Waals surface area contributed by atoms with Crippen LogP contribution in [0, 0.1) is 12.7 Å². The van der Waals surface area contributed by atoms with E-state index in [0.29, 0.717) is 26.3 Å². The number of aryl methyl sites for hydroxylation is 1. The van der Waals surface area contributed by atoms with Crippen molar-refractivity contribution in [3.63, 3.8) is 0 Å². The highest BCUT2D eigenvalue weighted by molar-refractivity contribution is 8.26. The molecule has 2 aliphatic rings. The first-order valence-corrected chi connectivity index (χ1v) is 13.1. The summed E-state index contributed by atoms with van der Waals surface area (Å²) >= 11 is 6.65. The number of piperazine rings is 1. The second-order valence-electron chi connectivity index (χ2n) is 8.90. The van der Waals surface area contributed by atoms with Gasteiger partial charge in [-0.15, -0.1) is 0 Å². The third-order valence-corrected chi connectivity index (χ3v) is 7.89. The molecule has 0 bridgehead atoms. The van der Waals surface area contributed by atoms with Crippen molar-refractivity contribution >= 4 is 51.7 Å². The number of hydrogen-bond donors (Lipinski definition) is 0. The number of carbonyl (C=O) groups is 1. The van der Waals surface area contributed by atoms with Crippen LogP contribution in [-0.2, 0) is 11.3 Å². The molecule has 0 spiro atoms. The molecule has 1 aromatic carbocycles. The lowest BCUT2D eigenvalue weighted by Crippen LogP contribution is -2.47. The van der Waals surface area contributed by atoms with E-state index in [1.165, 1.54) is 33.2 Å². The minimum absolute atomic E-state index is 0.222. The van der Waals surface area contributed by atoms with Crippen molar-refractivity contribution in [3.8, 4) is 0 Å². The van der Waals surface area contributed by atoms with Crippen molar-refractivity contribution in [3.05, 3.63) is 80.4 Å². The van der Waals surface area contributed by atoms with Gasteiger partial charge in [-0.05, 0) is 48.9 Å². The minimum Gasteiger partial charge on any atom is -0.353 e. The summed E-state index contributed by atoms with van der Waals surface area (Å²) in [6.45, 7) is 8.52. The van der Waals surface area contributed by atoms with Gasteiger partial charge in [0.25, 0.3) is 11.5 Å². The average Bonchev–Trinajstić information content (AvgIpc) is 3.14. The summed E-state index contributed by atoms with van der Waals surface area (Å²) in [7, 11) is 0. The molecule has 0 atom stereocenters. The molecule has 0 radical (unpaired) electrons. The van der Waals surface area contributed by atoms with E-state index in [1.807, 2.05) is 19.1 Å². The van der Waals surface area contributed by atoms with Gasteiger partial charge in [-0.3, -0.25) is 18.9 Å². The number of benzene rings is 1. The standard InChI is InChI=1S/C26H26FN5O2S2/c1-3-29-10-12-30(13-11-29)23-20(24(33)31-15-17(2)4-9-22(31)28-23)14-21-25(34)32(26(35)36-21)16-18-5-7-19(27)8-6-18/h4-9,14-15H,3,10-13,16H2,1-2H3/b21-14-. The van der Waals surface area contributed by atoms with Crippen molar-refractivity contribution in [2.75, 3.05) is 37.6 Å². The maximum atomic E-state index is 13.7. The number of rotatable bonds is 5. The topological polar surface area (TPSA) is 61.2 Å². The molecular formula is C26H26FN5O2S2. The number of pyridine rings is 1. The van der Waals surface area contributed by atoms with Gasteiger partial charge in [0.05, 0.1) is 17.0 Å². The highest BCUT2D eigenvalue weighted by atomic mass is 32.2. The molecule has 0 unspecified atom stereocenters. The fourth-order valence-corrected chi connectivity index (χ4v) is 5.67. The van der Waals surface area contributed by atoms with Crippen LogP contribution in [0.3, 0.4) is 0 Å². The van der Waals surface area contributed by atoms with Crippen molar-refractivity contribution < 1.29 is 9.18 Å². The molecule has 2 aromatic heterocycles. The number of amides is 1. The van der Waals surface area contributed by atoms with Crippen molar-refractivity contribution in [1.29, 1.82) is 0 Å². The summed E-state index contributed by atoms with van der Waals surface area (Å²) in [5, 5.41) is 0. The lowest BCUT2D eigenvalue weighted by Gasteiger charge is -2.35. The Morgan fingerprint density at radius 1 is 1.08 bits per heavy atom. The van der Waals surface area contributed by atoms with Gasteiger partial charge in [-0.1, -0.05) is 49.1 Å². The predicted octanol–water partition coefficient (Wildman–Crippen LogP) is 3.69. The lowest BCUT2D eigenvalue weighted by atomic mass is 10.2. The van der Waals surface area contributed by atoms with E-state index in [9.17, 15) is 14.0 Å². The fourth-order valence-electron chi connectivity index (χ4n) is 4.43. The Morgan fingerprint density at radius 2 is 1.81 bits per heavy atom.